The molecule has 21 heavy (non-hydrogen) atoms. The second-order valence-electron chi connectivity index (χ2n) is 5.82. The van der Waals surface area contributed by atoms with Crippen molar-refractivity contribution in [3.05, 3.63) is 59.9 Å². The van der Waals surface area contributed by atoms with Gasteiger partial charge in [-0.3, -0.25) is 14.6 Å². The van der Waals surface area contributed by atoms with Gasteiger partial charge in [-0.05, 0) is 6.07 Å². The van der Waals surface area contributed by atoms with E-state index in [-0.39, 0.29) is 11.7 Å². The highest BCUT2D eigenvalue weighted by atomic mass is 16.2. The van der Waals surface area contributed by atoms with Crippen molar-refractivity contribution in [2.45, 2.75) is 20.8 Å². The van der Waals surface area contributed by atoms with Gasteiger partial charge in [0.25, 0.3) is 0 Å². The molecule has 4 nitrogen and oxygen atoms in total. The molecular weight excluding hydrogens is 264 g/mol. The first-order valence-electron chi connectivity index (χ1n) is 6.75. The smallest absolute Gasteiger partial charge is 0.229 e. The molecule has 0 atom stereocenters. The minimum atomic E-state index is -0.531. The highest BCUT2D eigenvalue weighted by Crippen LogP contribution is 2.22. The van der Waals surface area contributed by atoms with Crippen LogP contribution in [0.4, 0.5) is 5.69 Å². The van der Waals surface area contributed by atoms with Gasteiger partial charge in [0.15, 0.2) is 5.78 Å². The Bertz CT molecular complexity index is 658. The van der Waals surface area contributed by atoms with Crippen LogP contribution in [0.5, 0.6) is 0 Å². The average molecular weight is 282 g/mol. The molecule has 0 saturated heterocycles. The molecule has 108 valence electrons. The Hall–Kier alpha value is -2.49. The predicted molar refractivity (Wildman–Crippen MR) is 82.2 cm³/mol. The number of benzene rings is 1. The maximum atomic E-state index is 12.5. The van der Waals surface area contributed by atoms with Crippen LogP contribution in [0.2, 0.25) is 0 Å². The van der Waals surface area contributed by atoms with E-state index < -0.39 is 5.41 Å². The minimum absolute atomic E-state index is 0.143. The molecule has 2 aromatic rings. The lowest BCUT2D eigenvalue weighted by Crippen LogP contribution is -2.28. The molecule has 1 N–H and O–H groups in total. The molecule has 1 heterocycles. The molecule has 0 aliphatic carbocycles. The van der Waals surface area contributed by atoms with Crippen molar-refractivity contribution in [1.82, 2.24) is 4.98 Å². The molecule has 1 amide bonds. The van der Waals surface area contributed by atoms with E-state index in [1.165, 1.54) is 6.20 Å². The molecule has 1 aromatic heterocycles. The number of pyridine rings is 1. The Morgan fingerprint density at radius 3 is 2.33 bits per heavy atom. The van der Waals surface area contributed by atoms with Crippen molar-refractivity contribution in [3.63, 3.8) is 0 Å². The maximum absolute atomic E-state index is 12.5. The van der Waals surface area contributed by atoms with E-state index in [1.807, 2.05) is 26.8 Å². The average Bonchev–Trinajstić information content (AvgIpc) is 2.47. The summed E-state index contributed by atoms with van der Waals surface area (Å²) in [6.07, 6.45) is 3.04. The van der Waals surface area contributed by atoms with E-state index in [1.54, 1.807) is 36.5 Å². The first kappa shape index (κ1) is 14.9. The van der Waals surface area contributed by atoms with Crippen molar-refractivity contribution in [3.8, 4) is 0 Å². The normalized spacial score (nSPS) is 11.0. The van der Waals surface area contributed by atoms with Gasteiger partial charge in [0.1, 0.15) is 0 Å². The van der Waals surface area contributed by atoms with E-state index in [2.05, 4.69) is 10.3 Å². The largest absolute Gasteiger partial charge is 0.325 e. The predicted octanol–water partition coefficient (Wildman–Crippen LogP) is 3.30. The zero-order chi connectivity index (χ0) is 15.5. The van der Waals surface area contributed by atoms with Crippen molar-refractivity contribution >= 4 is 17.4 Å². The second kappa shape index (κ2) is 5.87. The van der Waals surface area contributed by atoms with Crippen LogP contribution in [-0.4, -0.2) is 16.7 Å². The lowest BCUT2D eigenvalue weighted by Gasteiger charge is -2.18. The van der Waals surface area contributed by atoms with E-state index in [0.29, 0.717) is 16.8 Å². The first-order chi connectivity index (χ1) is 9.89. The number of carbonyl (C=O) groups excluding carboxylic acids is 2. The number of anilines is 1. The molecule has 0 unspecified atom stereocenters. The Labute approximate surface area is 124 Å². The molecule has 0 fully saturated rings. The number of nitrogens with zero attached hydrogens (tertiary/aromatic N) is 1. The van der Waals surface area contributed by atoms with Gasteiger partial charge in [0.05, 0.1) is 11.3 Å². The summed E-state index contributed by atoms with van der Waals surface area (Å²) in [6, 6.07) is 10.6. The van der Waals surface area contributed by atoms with Gasteiger partial charge in [-0.1, -0.05) is 51.1 Å². The highest BCUT2D eigenvalue weighted by molar-refractivity contribution is 6.13. The summed E-state index contributed by atoms with van der Waals surface area (Å²) in [5.41, 5.74) is 0.910. The Morgan fingerprint density at radius 1 is 1.05 bits per heavy atom. The van der Waals surface area contributed by atoms with Crippen LogP contribution in [0, 0.1) is 5.41 Å². The third-order valence-electron chi connectivity index (χ3n) is 3.03. The molecule has 0 saturated carbocycles. The molecule has 2 rings (SSSR count). The number of hydrogen-bond donors (Lipinski definition) is 1. The third kappa shape index (κ3) is 3.54. The summed E-state index contributed by atoms with van der Waals surface area (Å²) in [5, 5.41) is 2.80. The van der Waals surface area contributed by atoms with Crippen LogP contribution in [-0.2, 0) is 4.79 Å². The summed E-state index contributed by atoms with van der Waals surface area (Å²) in [4.78, 5) is 28.6. The van der Waals surface area contributed by atoms with Crippen molar-refractivity contribution in [2.24, 2.45) is 5.41 Å². The van der Waals surface area contributed by atoms with Gasteiger partial charge in [0.2, 0.25) is 5.91 Å². The fraction of sp³-hybridized carbons (Fsp3) is 0.235. The minimum Gasteiger partial charge on any atom is -0.325 e. The van der Waals surface area contributed by atoms with Crippen LogP contribution in [0.15, 0.2) is 48.8 Å². The SMILES string of the molecule is CC(C)(C)C(=O)Nc1ccncc1C(=O)c1ccccc1. The topological polar surface area (TPSA) is 59.1 Å². The fourth-order valence-corrected chi connectivity index (χ4v) is 1.74. The maximum Gasteiger partial charge on any atom is 0.229 e. The molecule has 0 aliphatic rings. The van der Waals surface area contributed by atoms with Crippen LogP contribution >= 0.6 is 0 Å². The lowest BCUT2D eigenvalue weighted by molar-refractivity contribution is -0.123. The van der Waals surface area contributed by atoms with Gasteiger partial charge >= 0.3 is 0 Å². The Balaban J connectivity index is 2.34. The molecular formula is C17H18N2O2. The van der Waals surface area contributed by atoms with Crippen molar-refractivity contribution in [2.75, 3.05) is 5.32 Å². The number of nitrogens with one attached hydrogen (secondary N) is 1. The van der Waals surface area contributed by atoms with Gasteiger partial charge in [-0.25, -0.2) is 0 Å². The van der Waals surface area contributed by atoms with Crippen LogP contribution in [0.1, 0.15) is 36.7 Å². The lowest BCUT2D eigenvalue weighted by atomic mass is 9.95. The summed E-state index contributed by atoms with van der Waals surface area (Å²) >= 11 is 0. The first-order valence-corrected chi connectivity index (χ1v) is 6.75. The van der Waals surface area contributed by atoms with Gasteiger partial charge in [0, 0.05) is 23.4 Å². The van der Waals surface area contributed by atoms with E-state index in [4.69, 9.17) is 0 Å². The highest BCUT2D eigenvalue weighted by Gasteiger charge is 2.23. The monoisotopic (exact) mass is 282 g/mol. The number of rotatable bonds is 3. The molecule has 4 heteroatoms. The Morgan fingerprint density at radius 2 is 1.71 bits per heavy atom. The van der Waals surface area contributed by atoms with E-state index >= 15 is 0 Å². The summed E-state index contributed by atoms with van der Waals surface area (Å²) in [6.45, 7) is 5.46. The summed E-state index contributed by atoms with van der Waals surface area (Å²) < 4.78 is 0. The Kier molecular flexibility index (Phi) is 4.17. The number of amides is 1. The van der Waals surface area contributed by atoms with E-state index in [9.17, 15) is 9.59 Å². The molecule has 0 bridgehead atoms. The van der Waals surface area contributed by atoms with Gasteiger partial charge < -0.3 is 5.32 Å². The van der Waals surface area contributed by atoms with Crippen molar-refractivity contribution < 1.29 is 9.59 Å². The van der Waals surface area contributed by atoms with Crippen LogP contribution < -0.4 is 5.32 Å². The van der Waals surface area contributed by atoms with Crippen LogP contribution in [0.25, 0.3) is 0 Å². The second-order valence-corrected chi connectivity index (χ2v) is 5.82. The quantitative estimate of drug-likeness (QED) is 0.879. The van der Waals surface area contributed by atoms with E-state index in [0.717, 1.165) is 0 Å². The molecule has 0 spiro atoms. The summed E-state index contributed by atoms with van der Waals surface area (Å²) in [7, 11) is 0. The molecule has 1 aromatic carbocycles. The molecule has 0 radical (unpaired) electrons. The zero-order valence-electron chi connectivity index (χ0n) is 12.4. The number of hydrogen-bond acceptors (Lipinski definition) is 3. The third-order valence-corrected chi connectivity index (χ3v) is 3.03. The fourth-order valence-electron chi connectivity index (χ4n) is 1.74. The number of aromatic nitrogens is 1. The standard InChI is InChI=1S/C17H18N2O2/c1-17(2,3)16(21)19-14-9-10-18-11-13(14)15(20)12-7-5-4-6-8-12/h4-11H,1-3H3,(H,18,19,21). The summed E-state index contributed by atoms with van der Waals surface area (Å²) in [5.74, 6) is -0.302. The van der Waals surface area contributed by atoms with Gasteiger partial charge in [-0.2, -0.15) is 0 Å². The van der Waals surface area contributed by atoms with Crippen molar-refractivity contribution in [1.29, 1.82) is 0 Å². The zero-order valence-corrected chi connectivity index (χ0v) is 12.4. The molecule has 0 aliphatic heterocycles. The number of carbonyl (C=O) groups is 2. The number of ketones is 1. The van der Waals surface area contributed by atoms with Crippen LogP contribution in [0.3, 0.4) is 0 Å². The van der Waals surface area contributed by atoms with Gasteiger partial charge in [-0.15, -0.1) is 0 Å².